The first-order valence-corrected chi connectivity index (χ1v) is 9.14. The molecule has 0 unspecified atom stereocenters. The molecule has 140 valence electrons. The van der Waals surface area contributed by atoms with Gasteiger partial charge in [0.25, 0.3) is 5.91 Å². The van der Waals surface area contributed by atoms with Gasteiger partial charge in [-0.15, -0.1) is 0 Å². The second-order valence-corrected chi connectivity index (χ2v) is 6.91. The van der Waals surface area contributed by atoms with Crippen molar-refractivity contribution >= 4 is 21.8 Å². The summed E-state index contributed by atoms with van der Waals surface area (Å²) in [6, 6.07) is 11.0. The zero-order valence-electron chi connectivity index (χ0n) is 15.5. The summed E-state index contributed by atoms with van der Waals surface area (Å²) < 4.78 is 17.4. The van der Waals surface area contributed by atoms with E-state index >= 15 is 0 Å². The molecular weight excluding hydrogens is 398 g/mol. The lowest BCUT2D eigenvalue weighted by molar-refractivity contribution is -0.123. The Labute approximate surface area is 162 Å². The highest BCUT2D eigenvalue weighted by Gasteiger charge is 2.10. The van der Waals surface area contributed by atoms with E-state index in [1.807, 2.05) is 57.2 Å². The molecule has 2 aromatic rings. The minimum Gasteiger partial charge on any atom is -0.497 e. The van der Waals surface area contributed by atoms with Crippen LogP contribution in [0.4, 0.5) is 0 Å². The van der Waals surface area contributed by atoms with Crippen LogP contribution in [0.5, 0.6) is 17.2 Å². The summed E-state index contributed by atoms with van der Waals surface area (Å²) in [7, 11) is 1.62. The zero-order valence-corrected chi connectivity index (χ0v) is 17.1. The molecule has 1 amide bonds. The SMILES string of the molecule is COc1ccc(OC[C@@H](C)NC(=O)COc2cc(C)c(Br)c(C)c2)cc1. The molecule has 0 saturated carbocycles. The highest BCUT2D eigenvalue weighted by molar-refractivity contribution is 9.10. The maximum absolute atomic E-state index is 12.0. The molecule has 0 aromatic heterocycles. The monoisotopic (exact) mass is 421 g/mol. The number of amides is 1. The molecule has 5 nitrogen and oxygen atoms in total. The van der Waals surface area contributed by atoms with E-state index in [9.17, 15) is 4.79 Å². The molecule has 0 bridgehead atoms. The van der Waals surface area contributed by atoms with E-state index in [1.54, 1.807) is 7.11 Å². The Morgan fingerprint density at radius 2 is 1.62 bits per heavy atom. The van der Waals surface area contributed by atoms with Crippen LogP contribution in [-0.4, -0.2) is 32.3 Å². The van der Waals surface area contributed by atoms with Crippen molar-refractivity contribution in [2.45, 2.75) is 26.8 Å². The minimum absolute atomic E-state index is 0.0343. The lowest BCUT2D eigenvalue weighted by Crippen LogP contribution is -2.39. The maximum Gasteiger partial charge on any atom is 0.258 e. The van der Waals surface area contributed by atoms with Gasteiger partial charge in [0.15, 0.2) is 6.61 Å². The number of rotatable bonds is 8. The van der Waals surface area contributed by atoms with Crippen molar-refractivity contribution in [3.8, 4) is 17.2 Å². The third kappa shape index (κ3) is 5.95. The maximum atomic E-state index is 12.0. The summed E-state index contributed by atoms with van der Waals surface area (Å²) in [4.78, 5) is 12.0. The number of nitrogens with one attached hydrogen (secondary N) is 1. The number of aryl methyl sites for hydroxylation is 2. The topological polar surface area (TPSA) is 56.8 Å². The van der Waals surface area contributed by atoms with Gasteiger partial charge in [0.2, 0.25) is 0 Å². The summed E-state index contributed by atoms with van der Waals surface area (Å²) in [5, 5.41) is 2.86. The van der Waals surface area contributed by atoms with Crippen molar-refractivity contribution < 1.29 is 19.0 Å². The smallest absolute Gasteiger partial charge is 0.258 e. The second kappa shape index (κ2) is 9.48. The van der Waals surface area contributed by atoms with Gasteiger partial charge in [-0.05, 0) is 68.3 Å². The standard InChI is InChI=1S/C20H24BrNO4/c1-13-9-18(10-14(2)20(13)21)26-12-19(23)22-15(3)11-25-17-7-5-16(24-4)6-8-17/h5-10,15H,11-12H2,1-4H3,(H,22,23)/t15-/m1/s1. The molecule has 0 saturated heterocycles. The predicted octanol–water partition coefficient (Wildman–Crippen LogP) is 4.04. The Bertz CT molecular complexity index is 723. The van der Waals surface area contributed by atoms with Crippen LogP contribution in [0.2, 0.25) is 0 Å². The molecule has 2 rings (SSSR count). The quantitative estimate of drug-likeness (QED) is 0.698. The first-order valence-electron chi connectivity index (χ1n) is 8.34. The minimum atomic E-state index is -0.186. The van der Waals surface area contributed by atoms with Gasteiger partial charge in [0.05, 0.1) is 13.2 Å². The van der Waals surface area contributed by atoms with Gasteiger partial charge in [0.1, 0.15) is 23.9 Å². The van der Waals surface area contributed by atoms with Crippen LogP contribution in [0.15, 0.2) is 40.9 Å². The van der Waals surface area contributed by atoms with Crippen LogP contribution < -0.4 is 19.5 Å². The summed E-state index contributed by atoms with van der Waals surface area (Å²) in [6.07, 6.45) is 0. The Hall–Kier alpha value is -2.21. The third-order valence-corrected chi connectivity index (χ3v) is 5.00. The molecule has 0 radical (unpaired) electrons. The molecular formula is C20H24BrNO4. The Kier molecular flexibility index (Phi) is 7.33. The number of hydrogen-bond donors (Lipinski definition) is 1. The van der Waals surface area contributed by atoms with E-state index in [-0.39, 0.29) is 18.6 Å². The van der Waals surface area contributed by atoms with E-state index in [0.29, 0.717) is 12.4 Å². The van der Waals surface area contributed by atoms with Crippen LogP contribution in [0.1, 0.15) is 18.1 Å². The third-order valence-electron chi connectivity index (χ3n) is 3.75. The average Bonchev–Trinajstić information content (AvgIpc) is 2.63. The molecule has 6 heteroatoms. The lowest BCUT2D eigenvalue weighted by Gasteiger charge is -2.16. The number of halogens is 1. The molecule has 0 aliphatic heterocycles. The number of methoxy groups -OCH3 is 1. The molecule has 1 atom stereocenters. The van der Waals surface area contributed by atoms with E-state index < -0.39 is 0 Å². The summed E-state index contributed by atoms with van der Waals surface area (Å²) in [5.41, 5.74) is 2.14. The van der Waals surface area contributed by atoms with Crippen molar-refractivity contribution in [3.63, 3.8) is 0 Å². The van der Waals surface area contributed by atoms with Crippen LogP contribution in [0.3, 0.4) is 0 Å². The summed E-state index contributed by atoms with van der Waals surface area (Å²) in [6.45, 7) is 6.20. The van der Waals surface area contributed by atoms with Crippen LogP contribution in [0, 0.1) is 13.8 Å². The fourth-order valence-corrected chi connectivity index (χ4v) is 2.62. The van der Waals surface area contributed by atoms with Crippen molar-refractivity contribution in [2.75, 3.05) is 20.3 Å². The van der Waals surface area contributed by atoms with Crippen LogP contribution >= 0.6 is 15.9 Å². The molecule has 0 spiro atoms. The van der Waals surface area contributed by atoms with Crippen LogP contribution in [-0.2, 0) is 4.79 Å². The number of ether oxygens (including phenoxy) is 3. The Morgan fingerprint density at radius 3 is 2.19 bits per heavy atom. The Morgan fingerprint density at radius 1 is 1.04 bits per heavy atom. The average molecular weight is 422 g/mol. The van der Waals surface area contributed by atoms with Gasteiger partial charge in [-0.1, -0.05) is 15.9 Å². The van der Waals surface area contributed by atoms with E-state index in [0.717, 1.165) is 27.1 Å². The first-order chi connectivity index (χ1) is 12.4. The second-order valence-electron chi connectivity index (χ2n) is 6.11. The van der Waals surface area contributed by atoms with Crippen molar-refractivity contribution in [2.24, 2.45) is 0 Å². The fourth-order valence-electron chi connectivity index (χ4n) is 2.39. The number of carbonyl (C=O) groups excluding carboxylic acids is 1. The zero-order chi connectivity index (χ0) is 19.1. The van der Waals surface area contributed by atoms with Gasteiger partial charge < -0.3 is 19.5 Å². The molecule has 1 N–H and O–H groups in total. The van der Waals surface area contributed by atoms with Gasteiger partial charge in [-0.3, -0.25) is 4.79 Å². The number of hydrogen-bond acceptors (Lipinski definition) is 4. The van der Waals surface area contributed by atoms with Crippen molar-refractivity contribution in [1.29, 1.82) is 0 Å². The van der Waals surface area contributed by atoms with E-state index in [2.05, 4.69) is 21.2 Å². The van der Waals surface area contributed by atoms with E-state index in [1.165, 1.54) is 0 Å². The molecule has 0 fully saturated rings. The molecule has 0 aliphatic carbocycles. The lowest BCUT2D eigenvalue weighted by atomic mass is 10.1. The highest BCUT2D eigenvalue weighted by Crippen LogP contribution is 2.26. The number of benzene rings is 2. The first kappa shape index (κ1) is 20.1. The van der Waals surface area contributed by atoms with Gasteiger partial charge >= 0.3 is 0 Å². The largest absolute Gasteiger partial charge is 0.497 e. The van der Waals surface area contributed by atoms with Gasteiger partial charge in [-0.2, -0.15) is 0 Å². The van der Waals surface area contributed by atoms with Crippen molar-refractivity contribution in [3.05, 3.63) is 52.0 Å². The summed E-state index contributed by atoms with van der Waals surface area (Å²) in [5.74, 6) is 1.99. The summed E-state index contributed by atoms with van der Waals surface area (Å²) >= 11 is 3.51. The predicted molar refractivity (Wildman–Crippen MR) is 105 cm³/mol. The fraction of sp³-hybridized carbons (Fsp3) is 0.350. The van der Waals surface area contributed by atoms with Crippen LogP contribution in [0.25, 0.3) is 0 Å². The van der Waals surface area contributed by atoms with Crippen molar-refractivity contribution in [1.82, 2.24) is 5.32 Å². The molecule has 2 aromatic carbocycles. The molecule has 26 heavy (non-hydrogen) atoms. The van der Waals surface area contributed by atoms with Gasteiger partial charge in [-0.25, -0.2) is 0 Å². The highest BCUT2D eigenvalue weighted by atomic mass is 79.9. The molecule has 0 heterocycles. The van der Waals surface area contributed by atoms with Gasteiger partial charge in [0, 0.05) is 4.47 Å². The van der Waals surface area contributed by atoms with E-state index in [4.69, 9.17) is 14.2 Å². The Balaban J connectivity index is 1.76. The number of carbonyl (C=O) groups is 1. The molecule has 0 aliphatic rings. The normalized spacial score (nSPS) is 11.6.